The summed E-state index contributed by atoms with van der Waals surface area (Å²) in [4.78, 5) is 4.91. The van der Waals surface area contributed by atoms with Crippen molar-refractivity contribution < 1.29 is 0 Å². The molecule has 106 valence electrons. The molecule has 1 heterocycles. The normalized spacial score (nSPS) is 23.5. The van der Waals surface area contributed by atoms with Gasteiger partial charge in [0.1, 0.15) is 0 Å². The summed E-state index contributed by atoms with van der Waals surface area (Å²) in [5, 5.41) is 0. The van der Waals surface area contributed by atoms with Crippen molar-refractivity contribution in [3.8, 4) is 0 Å². The van der Waals surface area contributed by atoms with E-state index in [9.17, 15) is 0 Å². The topological polar surface area (TPSA) is 32.5 Å². The Morgan fingerprint density at radius 1 is 1.32 bits per heavy atom. The van der Waals surface area contributed by atoms with Crippen LogP contribution in [0, 0.1) is 13.8 Å². The van der Waals surface area contributed by atoms with Crippen LogP contribution in [0.1, 0.15) is 29.7 Å². The first-order valence-electron chi connectivity index (χ1n) is 7.22. The van der Waals surface area contributed by atoms with Gasteiger partial charge in [-0.15, -0.1) is 0 Å². The zero-order valence-electron chi connectivity index (χ0n) is 12.7. The number of likely N-dealkylation sites (N-methyl/N-ethyl adjacent to an activating group) is 1. The second-order valence-electron chi connectivity index (χ2n) is 6.07. The molecule has 0 bridgehead atoms. The monoisotopic (exact) mass is 261 g/mol. The smallest absolute Gasteiger partial charge is 0.0427 e. The summed E-state index contributed by atoms with van der Waals surface area (Å²) in [5.41, 5.74) is 10.3. The summed E-state index contributed by atoms with van der Waals surface area (Å²) in [5.74, 6) is 0. The van der Waals surface area contributed by atoms with Gasteiger partial charge in [0.2, 0.25) is 0 Å². The molecular formula is C16H27N3. The molecule has 1 saturated heterocycles. The second kappa shape index (κ2) is 6.04. The van der Waals surface area contributed by atoms with Gasteiger partial charge in [0.05, 0.1) is 0 Å². The molecule has 1 fully saturated rings. The molecule has 1 aromatic rings. The van der Waals surface area contributed by atoms with E-state index in [1.54, 1.807) is 0 Å². The zero-order valence-corrected chi connectivity index (χ0v) is 12.7. The molecule has 2 atom stereocenters. The molecule has 1 aliphatic heterocycles. The molecule has 3 heteroatoms. The fourth-order valence-electron chi connectivity index (χ4n) is 2.96. The lowest BCUT2D eigenvalue weighted by atomic mass is 9.98. The Morgan fingerprint density at radius 3 is 2.74 bits per heavy atom. The Bertz CT molecular complexity index is 430. The molecule has 0 amide bonds. The third kappa shape index (κ3) is 3.56. The zero-order chi connectivity index (χ0) is 14.0. The van der Waals surface area contributed by atoms with Crippen LogP contribution in [0.5, 0.6) is 0 Å². The Kier molecular flexibility index (Phi) is 4.61. The largest absolute Gasteiger partial charge is 0.323 e. The quantitative estimate of drug-likeness (QED) is 0.902. The molecule has 2 rings (SSSR count). The summed E-state index contributed by atoms with van der Waals surface area (Å²) in [6, 6.07) is 7.28. The maximum atomic E-state index is 6.44. The van der Waals surface area contributed by atoms with E-state index in [1.807, 2.05) is 0 Å². The van der Waals surface area contributed by atoms with Crippen LogP contribution in [0.3, 0.4) is 0 Å². The Labute approximate surface area is 117 Å². The van der Waals surface area contributed by atoms with Gasteiger partial charge in [-0.2, -0.15) is 0 Å². The predicted octanol–water partition coefficient (Wildman–Crippen LogP) is 1.94. The van der Waals surface area contributed by atoms with Crippen LogP contribution in [0.2, 0.25) is 0 Å². The van der Waals surface area contributed by atoms with Crippen LogP contribution in [-0.2, 0) is 0 Å². The van der Waals surface area contributed by atoms with Crippen molar-refractivity contribution >= 4 is 0 Å². The van der Waals surface area contributed by atoms with Crippen LogP contribution in [0.25, 0.3) is 0 Å². The standard InChI is InChI=1S/C16H27N3/c1-12-5-6-13(2)15(9-12)16(17)11-19-8-7-18(4)10-14(19)3/h5-6,9,14,16H,7-8,10-11,17H2,1-4H3. The maximum Gasteiger partial charge on any atom is 0.0427 e. The first-order valence-corrected chi connectivity index (χ1v) is 7.22. The minimum Gasteiger partial charge on any atom is -0.323 e. The highest BCUT2D eigenvalue weighted by molar-refractivity contribution is 5.33. The molecule has 0 spiro atoms. The van der Waals surface area contributed by atoms with Gasteiger partial charge in [-0.1, -0.05) is 23.8 Å². The highest BCUT2D eigenvalue weighted by atomic mass is 15.3. The second-order valence-corrected chi connectivity index (χ2v) is 6.07. The third-order valence-corrected chi connectivity index (χ3v) is 4.23. The van der Waals surface area contributed by atoms with Gasteiger partial charge in [-0.25, -0.2) is 0 Å². The van der Waals surface area contributed by atoms with Crippen molar-refractivity contribution in [3.63, 3.8) is 0 Å². The van der Waals surface area contributed by atoms with E-state index in [0.717, 1.165) is 26.2 Å². The van der Waals surface area contributed by atoms with Crippen molar-refractivity contribution in [1.29, 1.82) is 0 Å². The number of piperazine rings is 1. The molecule has 3 nitrogen and oxygen atoms in total. The number of hydrogen-bond donors (Lipinski definition) is 1. The van der Waals surface area contributed by atoms with Crippen LogP contribution < -0.4 is 5.73 Å². The fourth-order valence-corrected chi connectivity index (χ4v) is 2.96. The van der Waals surface area contributed by atoms with Crippen LogP contribution in [0.4, 0.5) is 0 Å². The van der Waals surface area contributed by atoms with Gasteiger partial charge < -0.3 is 10.6 Å². The molecule has 0 radical (unpaired) electrons. The lowest BCUT2D eigenvalue weighted by Crippen LogP contribution is -2.52. The van der Waals surface area contributed by atoms with Gasteiger partial charge in [-0.05, 0) is 38.9 Å². The van der Waals surface area contributed by atoms with E-state index in [1.165, 1.54) is 16.7 Å². The Balaban J connectivity index is 2.04. The summed E-state index contributed by atoms with van der Waals surface area (Å²) in [7, 11) is 2.19. The summed E-state index contributed by atoms with van der Waals surface area (Å²) in [6.07, 6.45) is 0. The van der Waals surface area contributed by atoms with E-state index >= 15 is 0 Å². The van der Waals surface area contributed by atoms with Crippen molar-refractivity contribution in [2.24, 2.45) is 5.73 Å². The first-order chi connectivity index (χ1) is 8.97. The highest BCUT2D eigenvalue weighted by Crippen LogP contribution is 2.20. The molecular weight excluding hydrogens is 234 g/mol. The Hall–Kier alpha value is -0.900. The van der Waals surface area contributed by atoms with Crippen molar-refractivity contribution in [2.45, 2.75) is 32.9 Å². The minimum atomic E-state index is 0.116. The fraction of sp³-hybridized carbons (Fsp3) is 0.625. The van der Waals surface area contributed by atoms with Gasteiger partial charge >= 0.3 is 0 Å². The number of aryl methyl sites for hydroxylation is 2. The molecule has 1 aromatic carbocycles. The van der Waals surface area contributed by atoms with Gasteiger partial charge in [0.15, 0.2) is 0 Å². The van der Waals surface area contributed by atoms with E-state index in [-0.39, 0.29) is 6.04 Å². The van der Waals surface area contributed by atoms with Crippen molar-refractivity contribution in [1.82, 2.24) is 9.80 Å². The lowest BCUT2D eigenvalue weighted by Gasteiger charge is -2.39. The molecule has 0 aliphatic carbocycles. The molecule has 19 heavy (non-hydrogen) atoms. The number of nitrogens with zero attached hydrogens (tertiary/aromatic N) is 2. The minimum absolute atomic E-state index is 0.116. The number of rotatable bonds is 3. The summed E-state index contributed by atoms with van der Waals surface area (Å²) in [6.45, 7) is 10.9. The van der Waals surface area contributed by atoms with Crippen molar-refractivity contribution in [2.75, 3.05) is 33.2 Å². The average Bonchev–Trinajstić information content (AvgIpc) is 2.35. The number of nitrogens with two attached hydrogens (primary N) is 1. The maximum absolute atomic E-state index is 6.44. The lowest BCUT2D eigenvalue weighted by molar-refractivity contribution is 0.0945. The Morgan fingerprint density at radius 2 is 2.05 bits per heavy atom. The third-order valence-electron chi connectivity index (χ3n) is 4.23. The molecule has 2 N–H and O–H groups in total. The van der Waals surface area contributed by atoms with E-state index < -0.39 is 0 Å². The molecule has 0 saturated carbocycles. The number of hydrogen-bond acceptors (Lipinski definition) is 3. The molecule has 2 unspecified atom stereocenters. The van der Waals surface area contributed by atoms with Crippen LogP contribution in [0.15, 0.2) is 18.2 Å². The predicted molar refractivity (Wildman–Crippen MR) is 81.4 cm³/mol. The van der Waals surface area contributed by atoms with Gasteiger partial charge in [-0.3, -0.25) is 4.90 Å². The van der Waals surface area contributed by atoms with E-state index in [2.05, 4.69) is 55.8 Å². The summed E-state index contributed by atoms with van der Waals surface area (Å²) >= 11 is 0. The van der Waals surface area contributed by atoms with Gasteiger partial charge in [0.25, 0.3) is 0 Å². The van der Waals surface area contributed by atoms with Gasteiger partial charge in [0, 0.05) is 38.3 Å². The van der Waals surface area contributed by atoms with Crippen molar-refractivity contribution in [3.05, 3.63) is 34.9 Å². The van der Waals surface area contributed by atoms with E-state index in [4.69, 9.17) is 5.73 Å². The first kappa shape index (κ1) is 14.5. The molecule has 1 aliphatic rings. The number of benzene rings is 1. The van der Waals surface area contributed by atoms with Crippen LogP contribution >= 0.6 is 0 Å². The SMILES string of the molecule is Cc1ccc(C)c(C(N)CN2CCN(C)CC2C)c1. The highest BCUT2D eigenvalue weighted by Gasteiger charge is 2.23. The average molecular weight is 261 g/mol. The summed E-state index contributed by atoms with van der Waals surface area (Å²) < 4.78 is 0. The van der Waals surface area contributed by atoms with Crippen LogP contribution in [-0.4, -0.2) is 49.1 Å². The molecule has 0 aromatic heterocycles. The van der Waals surface area contributed by atoms with E-state index in [0.29, 0.717) is 6.04 Å².